The molecule has 0 radical (unpaired) electrons. The SMILES string of the molecule is CC(COCCOCCO)n1cc(-c2nn(C3CCCCO3)c3ccc(O[Si](C)(C)C(C)(C)C)cc23)cn1. The van der Waals surface area contributed by atoms with Crippen molar-refractivity contribution in [2.75, 3.05) is 39.6 Å². The van der Waals surface area contributed by atoms with E-state index in [4.69, 9.17) is 28.8 Å². The molecule has 1 N–H and O–H groups in total. The molecular formula is C28H44N4O5Si. The third kappa shape index (κ3) is 6.66. The number of aromatic nitrogens is 4. The summed E-state index contributed by atoms with van der Waals surface area (Å²) in [5, 5.41) is 19.6. The zero-order chi connectivity index (χ0) is 27.3. The highest BCUT2D eigenvalue weighted by atomic mass is 28.4. The fraction of sp³-hybridized carbons (Fsp3) is 0.643. The first kappa shape index (κ1) is 28.8. The van der Waals surface area contributed by atoms with Gasteiger partial charge in [-0.05, 0) is 62.5 Å². The standard InChI is InChI=1S/C28H44N4O5Si/c1-21(20-35-16-15-34-14-12-33)31-19-22(18-29-31)27-24-17-23(37-38(5,6)28(2,3)4)10-11-25(24)32(30-27)26-9-7-8-13-36-26/h10-11,17-19,21,26,33H,7-9,12-16,20H2,1-6H3. The zero-order valence-electron chi connectivity index (χ0n) is 23.8. The number of aliphatic hydroxyl groups is 1. The molecule has 10 heteroatoms. The molecule has 0 amide bonds. The van der Waals surface area contributed by atoms with Gasteiger partial charge in [-0.1, -0.05) is 20.8 Å². The van der Waals surface area contributed by atoms with Crippen molar-refractivity contribution in [3.63, 3.8) is 0 Å². The molecule has 2 aromatic heterocycles. The van der Waals surface area contributed by atoms with E-state index in [1.807, 2.05) is 21.8 Å². The van der Waals surface area contributed by atoms with Gasteiger partial charge in [0, 0.05) is 23.8 Å². The van der Waals surface area contributed by atoms with Crippen molar-refractivity contribution in [2.24, 2.45) is 0 Å². The lowest BCUT2D eigenvalue weighted by Crippen LogP contribution is -2.43. The van der Waals surface area contributed by atoms with Crippen LogP contribution in [0.25, 0.3) is 22.2 Å². The summed E-state index contributed by atoms with van der Waals surface area (Å²) in [5.41, 5.74) is 2.88. The molecule has 1 aliphatic rings. The van der Waals surface area contributed by atoms with E-state index in [1.54, 1.807) is 0 Å². The molecule has 210 valence electrons. The lowest BCUT2D eigenvalue weighted by Gasteiger charge is -2.36. The van der Waals surface area contributed by atoms with Crippen molar-refractivity contribution in [1.82, 2.24) is 19.6 Å². The van der Waals surface area contributed by atoms with Crippen molar-refractivity contribution < 1.29 is 23.7 Å². The number of aliphatic hydroxyl groups excluding tert-OH is 1. The van der Waals surface area contributed by atoms with Crippen LogP contribution >= 0.6 is 0 Å². The van der Waals surface area contributed by atoms with Crippen LogP contribution in [-0.2, 0) is 14.2 Å². The summed E-state index contributed by atoms with van der Waals surface area (Å²) < 4.78 is 27.7. The fourth-order valence-electron chi connectivity index (χ4n) is 4.30. The van der Waals surface area contributed by atoms with Crippen LogP contribution in [-0.4, -0.2) is 72.6 Å². The Morgan fingerprint density at radius 1 is 1.16 bits per heavy atom. The number of hydrogen-bond acceptors (Lipinski definition) is 7. The van der Waals surface area contributed by atoms with E-state index in [0.717, 1.165) is 53.8 Å². The maximum atomic E-state index is 8.80. The van der Waals surface area contributed by atoms with Crippen LogP contribution in [0.15, 0.2) is 30.6 Å². The largest absolute Gasteiger partial charge is 0.543 e. The minimum atomic E-state index is -1.99. The molecule has 2 unspecified atom stereocenters. The smallest absolute Gasteiger partial charge is 0.250 e. The second-order valence-electron chi connectivity index (χ2n) is 11.6. The third-order valence-electron chi connectivity index (χ3n) is 7.58. The van der Waals surface area contributed by atoms with Crippen molar-refractivity contribution in [3.8, 4) is 17.0 Å². The normalized spacial score (nSPS) is 17.7. The second kappa shape index (κ2) is 12.3. The summed E-state index contributed by atoms with van der Waals surface area (Å²) in [6.07, 6.45) is 7.01. The van der Waals surface area contributed by atoms with Gasteiger partial charge in [0.05, 0.1) is 50.8 Å². The predicted molar refractivity (Wildman–Crippen MR) is 151 cm³/mol. The van der Waals surface area contributed by atoms with Crippen LogP contribution in [0.4, 0.5) is 0 Å². The topological polar surface area (TPSA) is 92.8 Å². The molecule has 9 nitrogen and oxygen atoms in total. The Bertz CT molecular complexity index is 1180. The summed E-state index contributed by atoms with van der Waals surface area (Å²) in [5.74, 6) is 0.882. The van der Waals surface area contributed by atoms with Crippen LogP contribution in [0.3, 0.4) is 0 Å². The first-order chi connectivity index (χ1) is 18.1. The van der Waals surface area contributed by atoms with Crippen molar-refractivity contribution >= 4 is 19.2 Å². The van der Waals surface area contributed by atoms with E-state index in [0.29, 0.717) is 26.4 Å². The number of ether oxygens (including phenoxy) is 3. The lowest BCUT2D eigenvalue weighted by atomic mass is 10.1. The highest BCUT2D eigenvalue weighted by Gasteiger charge is 2.39. The summed E-state index contributed by atoms with van der Waals surface area (Å²) in [6, 6.07) is 6.37. The van der Waals surface area contributed by atoms with E-state index in [9.17, 15) is 0 Å². The molecule has 1 aromatic carbocycles. The van der Waals surface area contributed by atoms with Crippen molar-refractivity contribution in [2.45, 2.75) is 77.4 Å². The minimum absolute atomic E-state index is 0.0215. The monoisotopic (exact) mass is 544 g/mol. The molecule has 0 saturated carbocycles. The Morgan fingerprint density at radius 2 is 1.95 bits per heavy atom. The van der Waals surface area contributed by atoms with Crippen LogP contribution in [0, 0.1) is 0 Å². The Hall–Kier alpha value is -2.24. The van der Waals surface area contributed by atoms with Crippen LogP contribution in [0.2, 0.25) is 18.1 Å². The highest BCUT2D eigenvalue weighted by Crippen LogP contribution is 2.40. The van der Waals surface area contributed by atoms with E-state index in [2.05, 4.69) is 64.1 Å². The number of nitrogens with zero attached hydrogens (tertiary/aromatic N) is 4. The average molecular weight is 545 g/mol. The number of hydrogen-bond donors (Lipinski definition) is 1. The molecule has 4 rings (SSSR count). The number of rotatable bonds is 12. The van der Waals surface area contributed by atoms with E-state index < -0.39 is 8.32 Å². The van der Waals surface area contributed by atoms with Gasteiger partial charge in [-0.15, -0.1) is 0 Å². The molecule has 3 heterocycles. The predicted octanol–water partition coefficient (Wildman–Crippen LogP) is 5.57. The Morgan fingerprint density at radius 3 is 2.66 bits per heavy atom. The van der Waals surface area contributed by atoms with Gasteiger partial charge in [-0.2, -0.15) is 10.2 Å². The van der Waals surface area contributed by atoms with Crippen molar-refractivity contribution in [1.29, 1.82) is 0 Å². The molecule has 1 saturated heterocycles. The van der Waals surface area contributed by atoms with Crippen LogP contribution < -0.4 is 4.43 Å². The van der Waals surface area contributed by atoms with E-state index in [1.165, 1.54) is 0 Å². The molecule has 3 aromatic rings. The summed E-state index contributed by atoms with van der Waals surface area (Å²) in [7, 11) is -1.99. The van der Waals surface area contributed by atoms with Gasteiger partial charge in [-0.25, -0.2) is 4.68 Å². The van der Waals surface area contributed by atoms with Gasteiger partial charge in [0.15, 0.2) is 6.23 Å². The maximum Gasteiger partial charge on any atom is 0.250 e. The molecule has 0 spiro atoms. The third-order valence-corrected chi connectivity index (χ3v) is 11.9. The zero-order valence-corrected chi connectivity index (χ0v) is 24.8. The maximum absolute atomic E-state index is 8.80. The molecule has 38 heavy (non-hydrogen) atoms. The minimum Gasteiger partial charge on any atom is -0.543 e. The van der Waals surface area contributed by atoms with Gasteiger partial charge in [0.1, 0.15) is 11.4 Å². The van der Waals surface area contributed by atoms with Gasteiger partial charge in [0.2, 0.25) is 8.32 Å². The fourth-order valence-corrected chi connectivity index (χ4v) is 5.32. The number of benzene rings is 1. The van der Waals surface area contributed by atoms with Gasteiger partial charge in [-0.3, -0.25) is 4.68 Å². The van der Waals surface area contributed by atoms with E-state index >= 15 is 0 Å². The van der Waals surface area contributed by atoms with Crippen LogP contribution in [0.5, 0.6) is 5.75 Å². The number of fused-ring (bicyclic) bond motifs is 1. The molecular weight excluding hydrogens is 500 g/mol. The Labute approximate surface area is 227 Å². The van der Waals surface area contributed by atoms with Gasteiger partial charge >= 0.3 is 0 Å². The quantitative estimate of drug-likeness (QED) is 0.235. The second-order valence-corrected chi connectivity index (χ2v) is 16.3. The first-order valence-corrected chi connectivity index (χ1v) is 16.7. The first-order valence-electron chi connectivity index (χ1n) is 13.7. The van der Waals surface area contributed by atoms with Gasteiger partial charge < -0.3 is 23.7 Å². The summed E-state index contributed by atoms with van der Waals surface area (Å²) >= 11 is 0. The average Bonchev–Trinajstić information content (AvgIpc) is 3.51. The molecule has 1 aliphatic heterocycles. The molecule has 1 fully saturated rings. The lowest BCUT2D eigenvalue weighted by molar-refractivity contribution is -0.0365. The van der Waals surface area contributed by atoms with E-state index in [-0.39, 0.29) is 23.9 Å². The molecule has 2 atom stereocenters. The summed E-state index contributed by atoms with van der Waals surface area (Å²) in [4.78, 5) is 0. The molecule has 0 bridgehead atoms. The Kier molecular flexibility index (Phi) is 9.30. The van der Waals surface area contributed by atoms with Crippen LogP contribution in [0.1, 0.15) is 59.2 Å². The summed E-state index contributed by atoms with van der Waals surface area (Å²) in [6.45, 7) is 15.9. The Balaban J connectivity index is 1.60. The van der Waals surface area contributed by atoms with Crippen molar-refractivity contribution in [3.05, 3.63) is 30.6 Å². The van der Waals surface area contributed by atoms with Gasteiger partial charge in [0.25, 0.3) is 0 Å². The highest BCUT2D eigenvalue weighted by molar-refractivity contribution is 6.74. The molecule has 0 aliphatic carbocycles.